The third-order valence-corrected chi connectivity index (χ3v) is 5.43. The second-order valence-electron chi connectivity index (χ2n) is 5.07. The summed E-state index contributed by atoms with van der Waals surface area (Å²) in [6, 6.07) is 5.26. The number of alkyl halides is 3. The molecule has 5 nitrogen and oxygen atoms in total. The maximum atomic E-state index is 12.5. The topological polar surface area (TPSA) is 63.2 Å². The van der Waals surface area contributed by atoms with Crippen LogP contribution in [0, 0.1) is 0 Å². The minimum absolute atomic E-state index is 0.0968. The molecule has 1 aliphatic heterocycles. The Bertz CT molecular complexity index is 820. The molecule has 122 valence electrons. The molecule has 0 radical (unpaired) electrons. The predicted octanol–water partition coefficient (Wildman–Crippen LogP) is 2.24. The second kappa shape index (κ2) is 5.57. The van der Waals surface area contributed by atoms with Crippen molar-refractivity contribution in [3.05, 3.63) is 53.6 Å². The molecule has 1 aliphatic rings. The summed E-state index contributed by atoms with van der Waals surface area (Å²) in [6.07, 6.45) is -1.77. The van der Waals surface area contributed by atoms with Crippen LogP contribution in [0.25, 0.3) is 0 Å². The van der Waals surface area contributed by atoms with Crippen molar-refractivity contribution in [3.8, 4) is 0 Å². The molecule has 23 heavy (non-hydrogen) atoms. The number of fused-ring (bicyclic) bond motifs is 1. The van der Waals surface area contributed by atoms with E-state index in [0.29, 0.717) is 18.2 Å². The third kappa shape index (κ3) is 3.06. The number of nitrogens with zero attached hydrogens (tertiary/aromatic N) is 3. The molecule has 0 aliphatic carbocycles. The van der Waals surface area contributed by atoms with E-state index in [1.165, 1.54) is 4.31 Å². The smallest absolute Gasteiger partial charge is 0.260 e. The molecule has 0 amide bonds. The van der Waals surface area contributed by atoms with Crippen LogP contribution in [0.1, 0.15) is 17.0 Å². The Balaban J connectivity index is 1.88. The summed E-state index contributed by atoms with van der Waals surface area (Å²) in [5, 5.41) is 0. The zero-order valence-electron chi connectivity index (χ0n) is 11.8. The largest absolute Gasteiger partial charge is 0.433 e. The first-order valence-electron chi connectivity index (χ1n) is 6.74. The van der Waals surface area contributed by atoms with Crippen LogP contribution in [0.4, 0.5) is 13.2 Å². The van der Waals surface area contributed by atoms with Crippen LogP contribution in [-0.2, 0) is 29.2 Å². The monoisotopic (exact) mass is 343 g/mol. The van der Waals surface area contributed by atoms with Gasteiger partial charge in [0.25, 0.3) is 0 Å². The van der Waals surface area contributed by atoms with Crippen LogP contribution in [0.3, 0.4) is 0 Å². The van der Waals surface area contributed by atoms with E-state index < -0.39 is 21.9 Å². The summed E-state index contributed by atoms with van der Waals surface area (Å²) in [7, 11) is -3.90. The SMILES string of the molecule is O=S(=O)(c1ccc(C(F)(F)F)nc1)N1CCc2cccnc2C1. The van der Waals surface area contributed by atoms with E-state index in [1.54, 1.807) is 12.3 Å². The van der Waals surface area contributed by atoms with Gasteiger partial charge in [-0.05, 0) is 30.2 Å². The minimum Gasteiger partial charge on any atom is -0.260 e. The van der Waals surface area contributed by atoms with Gasteiger partial charge in [0.15, 0.2) is 0 Å². The molecule has 9 heteroatoms. The van der Waals surface area contributed by atoms with Crippen LogP contribution < -0.4 is 0 Å². The summed E-state index contributed by atoms with van der Waals surface area (Å²) in [4.78, 5) is 7.10. The van der Waals surface area contributed by atoms with Crippen molar-refractivity contribution in [2.24, 2.45) is 0 Å². The van der Waals surface area contributed by atoms with Crippen LogP contribution in [0.2, 0.25) is 0 Å². The summed E-state index contributed by atoms with van der Waals surface area (Å²) in [5.41, 5.74) is 0.508. The third-order valence-electron chi connectivity index (χ3n) is 3.61. The Morgan fingerprint density at radius 3 is 2.57 bits per heavy atom. The van der Waals surface area contributed by atoms with E-state index in [9.17, 15) is 21.6 Å². The van der Waals surface area contributed by atoms with Gasteiger partial charge < -0.3 is 0 Å². The normalized spacial score (nSPS) is 16.1. The molecule has 0 spiro atoms. The van der Waals surface area contributed by atoms with Crippen molar-refractivity contribution in [1.29, 1.82) is 0 Å². The maximum absolute atomic E-state index is 12.5. The highest BCUT2D eigenvalue weighted by Crippen LogP contribution is 2.29. The van der Waals surface area contributed by atoms with E-state index in [-0.39, 0.29) is 18.0 Å². The fourth-order valence-corrected chi connectivity index (χ4v) is 3.74. The molecule has 3 rings (SSSR count). The maximum Gasteiger partial charge on any atom is 0.433 e. The summed E-state index contributed by atoms with van der Waals surface area (Å²) < 4.78 is 63.8. The standard InChI is InChI=1S/C14H12F3N3O2S/c15-14(16,17)13-4-3-11(8-19-13)23(21,22)20-7-5-10-2-1-6-18-12(10)9-20/h1-4,6,8H,5,7,9H2. The highest BCUT2D eigenvalue weighted by atomic mass is 32.2. The van der Waals surface area contributed by atoms with Gasteiger partial charge in [-0.25, -0.2) is 8.42 Å². The van der Waals surface area contributed by atoms with Crippen LogP contribution in [0.15, 0.2) is 41.6 Å². The van der Waals surface area contributed by atoms with Gasteiger partial charge in [-0.3, -0.25) is 9.97 Å². The van der Waals surface area contributed by atoms with E-state index >= 15 is 0 Å². The first kappa shape index (κ1) is 15.9. The summed E-state index contributed by atoms with van der Waals surface area (Å²) in [5.74, 6) is 0. The van der Waals surface area contributed by atoms with Crippen LogP contribution >= 0.6 is 0 Å². The van der Waals surface area contributed by atoms with Crippen molar-refractivity contribution in [2.75, 3.05) is 6.54 Å². The molecule has 0 fully saturated rings. The lowest BCUT2D eigenvalue weighted by Gasteiger charge is -2.27. The van der Waals surface area contributed by atoms with Gasteiger partial charge in [-0.2, -0.15) is 17.5 Å². The minimum atomic E-state index is -4.60. The number of rotatable bonds is 2. The highest BCUT2D eigenvalue weighted by molar-refractivity contribution is 7.89. The number of halogens is 3. The number of hydrogen-bond donors (Lipinski definition) is 0. The molecule has 2 aromatic heterocycles. The summed E-state index contributed by atoms with van der Waals surface area (Å²) in [6.45, 7) is 0.349. The first-order chi connectivity index (χ1) is 10.8. The van der Waals surface area contributed by atoms with Gasteiger partial charge in [0.1, 0.15) is 10.6 Å². The Hall–Kier alpha value is -2.00. The zero-order chi connectivity index (χ0) is 16.7. The first-order valence-corrected chi connectivity index (χ1v) is 8.18. The van der Waals surface area contributed by atoms with Gasteiger partial charge >= 0.3 is 6.18 Å². The van der Waals surface area contributed by atoms with Gasteiger partial charge in [-0.1, -0.05) is 6.07 Å². The fraction of sp³-hybridized carbons (Fsp3) is 0.286. The zero-order valence-corrected chi connectivity index (χ0v) is 12.6. The molecule has 3 heterocycles. The number of aromatic nitrogens is 2. The Kier molecular flexibility index (Phi) is 3.85. The van der Waals surface area contributed by atoms with Crippen molar-refractivity contribution in [3.63, 3.8) is 0 Å². The molecule has 0 saturated carbocycles. The van der Waals surface area contributed by atoms with E-state index in [0.717, 1.165) is 17.8 Å². The summed E-state index contributed by atoms with van der Waals surface area (Å²) >= 11 is 0. The van der Waals surface area contributed by atoms with E-state index in [2.05, 4.69) is 9.97 Å². The molecule has 0 unspecified atom stereocenters. The molecule has 0 aromatic carbocycles. The molecule has 0 N–H and O–H groups in total. The molecular weight excluding hydrogens is 331 g/mol. The van der Waals surface area contributed by atoms with Crippen LogP contribution in [-0.4, -0.2) is 29.2 Å². The van der Waals surface area contributed by atoms with Gasteiger partial charge in [0.05, 0.1) is 12.2 Å². The van der Waals surface area contributed by atoms with Crippen molar-refractivity contribution < 1.29 is 21.6 Å². The molecule has 0 saturated heterocycles. The van der Waals surface area contributed by atoms with Gasteiger partial charge in [0, 0.05) is 18.9 Å². The van der Waals surface area contributed by atoms with Crippen LogP contribution in [0.5, 0.6) is 0 Å². The lowest BCUT2D eigenvalue weighted by Crippen LogP contribution is -2.36. The van der Waals surface area contributed by atoms with Crippen molar-refractivity contribution >= 4 is 10.0 Å². The molecule has 0 atom stereocenters. The molecule has 2 aromatic rings. The highest BCUT2D eigenvalue weighted by Gasteiger charge is 2.34. The second-order valence-corrected chi connectivity index (χ2v) is 7.01. The van der Waals surface area contributed by atoms with Crippen molar-refractivity contribution in [2.45, 2.75) is 24.0 Å². The van der Waals surface area contributed by atoms with E-state index in [4.69, 9.17) is 0 Å². The lowest BCUT2D eigenvalue weighted by atomic mass is 10.1. The predicted molar refractivity (Wildman–Crippen MR) is 74.8 cm³/mol. The Labute approximate surface area is 130 Å². The fourth-order valence-electron chi connectivity index (χ4n) is 2.39. The Morgan fingerprint density at radius 1 is 1.13 bits per heavy atom. The molecule has 0 bridgehead atoms. The van der Waals surface area contributed by atoms with Gasteiger partial charge in [-0.15, -0.1) is 0 Å². The number of hydrogen-bond acceptors (Lipinski definition) is 4. The quantitative estimate of drug-likeness (QED) is 0.839. The number of sulfonamides is 1. The average Bonchev–Trinajstić information content (AvgIpc) is 2.53. The average molecular weight is 343 g/mol. The lowest BCUT2D eigenvalue weighted by molar-refractivity contribution is -0.141. The van der Waals surface area contributed by atoms with Crippen molar-refractivity contribution in [1.82, 2.24) is 14.3 Å². The Morgan fingerprint density at radius 2 is 1.91 bits per heavy atom. The molecular formula is C14H12F3N3O2S. The number of pyridine rings is 2. The van der Waals surface area contributed by atoms with Gasteiger partial charge in [0.2, 0.25) is 10.0 Å². The van der Waals surface area contributed by atoms with E-state index in [1.807, 2.05) is 6.07 Å².